The van der Waals surface area contributed by atoms with E-state index >= 15 is 0 Å². The van der Waals surface area contributed by atoms with E-state index in [9.17, 15) is 14.4 Å². The highest BCUT2D eigenvalue weighted by Gasteiger charge is 2.28. The number of allylic oxidation sites excluding steroid dienone is 1. The molecular weight excluding hydrogens is 402 g/mol. The molecule has 0 radical (unpaired) electrons. The molecule has 154 valence electrons. The maximum absolute atomic E-state index is 12.5. The van der Waals surface area contributed by atoms with Crippen molar-refractivity contribution in [3.05, 3.63) is 77.4 Å². The lowest BCUT2D eigenvalue weighted by atomic mass is 10.1. The number of Topliss-reactive ketones (excluding diaryl/α,β-unsaturated/α-hetero) is 2. The fourth-order valence-electron chi connectivity index (χ4n) is 3.25. The van der Waals surface area contributed by atoms with E-state index in [1.807, 2.05) is 0 Å². The summed E-state index contributed by atoms with van der Waals surface area (Å²) in [6.07, 6.45) is 3.02. The van der Waals surface area contributed by atoms with E-state index in [-0.39, 0.29) is 36.4 Å². The third-order valence-corrected chi connectivity index (χ3v) is 4.76. The van der Waals surface area contributed by atoms with Gasteiger partial charge in [0.15, 0.2) is 24.8 Å². The van der Waals surface area contributed by atoms with Crippen LogP contribution in [0.4, 0.5) is 5.69 Å². The number of fused-ring (bicyclic) bond motifs is 2. The number of nitrogens with one attached hydrogen (secondary N) is 1. The maximum atomic E-state index is 12.5. The first-order valence-corrected chi connectivity index (χ1v) is 9.41. The number of ketones is 2. The minimum atomic E-state index is -0.279. The molecule has 0 bridgehead atoms. The topological polar surface area (TPSA) is 104 Å². The largest absolute Gasteiger partial charge is 0.485 e. The second-order valence-electron chi connectivity index (χ2n) is 6.87. The molecule has 0 spiro atoms. The SMILES string of the molecule is O=C1COc2ccc(C(=O)COc3ccc4c(c3)OC(=Cc3ccco3)C4=O)cc2N1. The van der Waals surface area contributed by atoms with Gasteiger partial charge in [-0.2, -0.15) is 0 Å². The lowest BCUT2D eigenvalue weighted by Crippen LogP contribution is -2.25. The Morgan fingerprint density at radius 2 is 2.00 bits per heavy atom. The van der Waals surface area contributed by atoms with E-state index in [4.69, 9.17) is 18.6 Å². The monoisotopic (exact) mass is 417 g/mol. The number of ether oxygens (including phenoxy) is 3. The zero-order valence-electron chi connectivity index (χ0n) is 16.0. The second-order valence-corrected chi connectivity index (χ2v) is 6.87. The minimum absolute atomic E-state index is 0.0509. The number of hydrogen-bond acceptors (Lipinski definition) is 7. The first-order chi connectivity index (χ1) is 15.1. The van der Waals surface area contributed by atoms with Crippen molar-refractivity contribution in [2.45, 2.75) is 0 Å². The fraction of sp³-hybridized carbons (Fsp3) is 0.0870. The number of amides is 1. The van der Waals surface area contributed by atoms with E-state index in [1.54, 1.807) is 48.5 Å². The molecule has 0 atom stereocenters. The zero-order valence-corrected chi connectivity index (χ0v) is 16.0. The van der Waals surface area contributed by atoms with Crippen molar-refractivity contribution in [1.82, 2.24) is 0 Å². The van der Waals surface area contributed by atoms with Gasteiger partial charge in [0.05, 0.1) is 17.5 Å². The van der Waals surface area contributed by atoms with E-state index in [0.717, 1.165) is 0 Å². The highest BCUT2D eigenvalue weighted by molar-refractivity contribution is 6.14. The van der Waals surface area contributed by atoms with Crippen LogP contribution in [-0.2, 0) is 4.79 Å². The number of hydrogen-bond donors (Lipinski definition) is 1. The molecule has 0 unspecified atom stereocenters. The van der Waals surface area contributed by atoms with Crippen molar-refractivity contribution in [2.24, 2.45) is 0 Å². The standard InChI is InChI=1S/C23H15NO7/c25-18(13-3-6-19-17(8-13)24-22(26)12-30-19)11-29-15-4-5-16-20(9-15)31-21(23(16)27)10-14-2-1-7-28-14/h1-10H,11-12H2,(H,24,26). The van der Waals surface area contributed by atoms with E-state index in [2.05, 4.69) is 5.32 Å². The average Bonchev–Trinajstić information content (AvgIpc) is 3.39. The third-order valence-electron chi connectivity index (χ3n) is 4.76. The van der Waals surface area contributed by atoms with Gasteiger partial charge < -0.3 is 23.9 Å². The highest BCUT2D eigenvalue weighted by atomic mass is 16.5. The first-order valence-electron chi connectivity index (χ1n) is 9.41. The summed E-state index contributed by atoms with van der Waals surface area (Å²) in [5, 5.41) is 2.66. The van der Waals surface area contributed by atoms with Crippen molar-refractivity contribution in [3.63, 3.8) is 0 Å². The summed E-state index contributed by atoms with van der Waals surface area (Å²) in [6.45, 7) is -0.278. The van der Waals surface area contributed by atoms with Crippen LogP contribution in [0.3, 0.4) is 0 Å². The molecule has 2 aromatic carbocycles. The van der Waals surface area contributed by atoms with Crippen molar-refractivity contribution in [3.8, 4) is 17.2 Å². The van der Waals surface area contributed by atoms with E-state index in [1.165, 1.54) is 12.3 Å². The summed E-state index contributed by atoms with van der Waals surface area (Å²) in [5.41, 5.74) is 1.23. The predicted molar refractivity (Wildman–Crippen MR) is 108 cm³/mol. The molecule has 3 aromatic rings. The molecule has 2 aliphatic rings. The van der Waals surface area contributed by atoms with E-state index in [0.29, 0.717) is 39.8 Å². The normalized spacial score (nSPS) is 15.5. The zero-order chi connectivity index (χ0) is 21.4. The molecule has 8 nitrogen and oxygen atoms in total. The highest BCUT2D eigenvalue weighted by Crippen LogP contribution is 2.35. The number of anilines is 1. The Bertz CT molecular complexity index is 1240. The molecule has 0 aliphatic carbocycles. The van der Waals surface area contributed by atoms with Gasteiger partial charge in [0.2, 0.25) is 5.78 Å². The number of benzene rings is 2. The molecule has 1 amide bonds. The van der Waals surface area contributed by atoms with Crippen LogP contribution in [0.15, 0.2) is 65.0 Å². The maximum Gasteiger partial charge on any atom is 0.262 e. The molecule has 1 aromatic heterocycles. The molecule has 5 rings (SSSR count). The summed E-state index contributed by atoms with van der Waals surface area (Å²) < 4.78 is 21.7. The van der Waals surface area contributed by atoms with Crippen LogP contribution in [0.5, 0.6) is 17.2 Å². The molecule has 1 N–H and O–H groups in total. The van der Waals surface area contributed by atoms with Gasteiger partial charge in [0, 0.05) is 17.7 Å². The Balaban J connectivity index is 1.27. The van der Waals surface area contributed by atoms with Crippen LogP contribution >= 0.6 is 0 Å². The Labute approximate surface area is 176 Å². The molecule has 8 heteroatoms. The van der Waals surface area contributed by atoms with E-state index < -0.39 is 0 Å². The minimum Gasteiger partial charge on any atom is -0.485 e. The van der Waals surface area contributed by atoms with Crippen LogP contribution in [0.25, 0.3) is 6.08 Å². The van der Waals surface area contributed by atoms with Crippen LogP contribution in [0.2, 0.25) is 0 Å². The average molecular weight is 417 g/mol. The Kier molecular flexibility index (Phi) is 4.51. The summed E-state index contributed by atoms with van der Waals surface area (Å²) in [4.78, 5) is 36.4. The summed E-state index contributed by atoms with van der Waals surface area (Å²) in [6, 6.07) is 13.0. The molecule has 0 fully saturated rings. The van der Waals surface area contributed by atoms with Gasteiger partial charge in [-0.3, -0.25) is 14.4 Å². The van der Waals surface area contributed by atoms with Crippen LogP contribution < -0.4 is 19.5 Å². The quantitative estimate of drug-likeness (QED) is 0.501. The smallest absolute Gasteiger partial charge is 0.262 e. The number of rotatable bonds is 5. The summed E-state index contributed by atoms with van der Waals surface area (Å²) >= 11 is 0. The Hall–Kier alpha value is -4.33. The van der Waals surface area contributed by atoms with Gasteiger partial charge in [-0.25, -0.2) is 0 Å². The van der Waals surface area contributed by atoms with Gasteiger partial charge in [0.1, 0.15) is 23.0 Å². The summed E-state index contributed by atoms with van der Waals surface area (Å²) in [5.74, 6) is 1.08. The van der Waals surface area contributed by atoms with Gasteiger partial charge in [0.25, 0.3) is 5.91 Å². The fourth-order valence-corrected chi connectivity index (χ4v) is 3.25. The van der Waals surface area contributed by atoms with Gasteiger partial charge in [-0.1, -0.05) is 0 Å². The Morgan fingerprint density at radius 3 is 2.84 bits per heavy atom. The molecule has 0 saturated carbocycles. The molecule has 2 aliphatic heterocycles. The van der Waals surface area contributed by atoms with Crippen molar-refractivity contribution in [1.29, 1.82) is 0 Å². The van der Waals surface area contributed by atoms with Gasteiger partial charge in [-0.05, 0) is 42.5 Å². The number of furan rings is 1. The molecule has 31 heavy (non-hydrogen) atoms. The van der Waals surface area contributed by atoms with Gasteiger partial charge >= 0.3 is 0 Å². The van der Waals surface area contributed by atoms with Crippen LogP contribution in [0, 0.1) is 0 Å². The lowest BCUT2D eigenvalue weighted by Gasteiger charge is -2.18. The third kappa shape index (κ3) is 3.66. The number of carbonyl (C=O) groups is 3. The van der Waals surface area contributed by atoms with Gasteiger partial charge in [-0.15, -0.1) is 0 Å². The van der Waals surface area contributed by atoms with Crippen LogP contribution in [0.1, 0.15) is 26.5 Å². The molecular formula is C23H15NO7. The van der Waals surface area contributed by atoms with Crippen LogP contribution in [-0.4, -0.2) is 30.7 Å². The molecule has 3 heterocycles. The van der Waals surface area contributed by atoms with Crippen molar-refractivity contribution >= 4 is 29.2 Å². The van der Waals surface area contributed by atoms with Crippen molar-refractivity contribution in [2.75, 3.05) is 18.5 Å². The summed E-state index contributed by atoms with van der Waals surface area (Å²) in [7, 11) is 0. The second kappa shape index (κ2) is 7.49. The Morgan fingerprint density at radius 1 is 1.10 bits per heavy atom. The molecule has 0 saturated heterocycles. The predicted octanol–water partition coefficient (Wildman–Crippen LogP) is 3.49. The number of carbonyl (C=O) groups excluding carboxylic acids is 3. The first kappa shape index (κ1) is 18.7. The lowest BCUT2D eigenvalue weighted by molar-refractivity contribution is -0.118. The van der Waals surface area contributed by atoms with Crippen molar-refractivity contribution < 1.29 is 33.0 Å².